The van der Waals surface area contributed by atoms with E-state index in [9.17, 15) is 0 Å². The number of pyridine rings is 1. The van der Waals surface area contributed by atoms with E-state index in [-0.39, 0.29) is 20.1 Å². The smallest absolute Gasteiger partial charge is 0.0774 e. The second-order valence-corrected chi connectivity index (χ2v) is 12.3. The Labute approximate surface area is 285 Å². The Bertz CT molecular complexity index is 1980. The molecule has 0 spiro atoms. The number of hydrogen-bond acceptors (Lipinski definition) is 3. The van der Waals surface area contributed by atoms with Crippen molar-refractivity contribution in [3.63, 3.8) is 0 Å². The second-order valence-electron chi connectivity index (χ2n) is 12.3. The summed E-state index contributed by atoms with van der Waals surface area (Å²) in [5.41, 5.74) is 11.0. The van der Waals surface area contributed by atoms with E-state index >= 15 is 0 Å². The number of fused-ring (bicyclic) bond motifs is 2. The van der Waals surface area contributed by atoms with E-state index < -0.39 is 0 Å². The maximum absolute atomic E-state index is 5.90. The number of benzene rings is 4. The van der Waals surface area contributed by atoms with Crippen molar-refractivity contribution in [1.29, 1.82) is 0 Å². The van der Waals surface area contributed by atoms with Gasteiger partial charge in [-0.1, -0.05) is 119 Å². The quantitative estimate of drug-likeness (QED) is 0.158. The fourth-order valence-corrected chi connectivity index (χ4v) is 5.78. The van der Waals surface area contributed by atoms with Crippen LogP contribution in [0.1, 0.15) is 76.0 Å². The van der Waals surface area contributed by atoms with Gasteiger partial charge in [-0.05, 0) is 52.8 Å². The first-order valence-electron chi connectivity index (χ1n) is 15.8. The Balaban J connectivity index is 0.000000269. The molecular formula is C41H39IrN3O-2. The van der Waals surface area contributed by atoms with Crippen molar-refractivity contribution in [1.82, 2.24) is 14.5 Å². The number of nitrogens with zero attached hydrogens (tertiary/aromatic N) is 3. The van der Waals surface area contributed by atoms with Gasteiger partial charge in [-0.3, -0.25) is 4.98 Å². The average Bonchev–Trinajstić information content (AvgIpc) is 3.66. The van der Waals surface area contributed by atoms with Gasteiger partial charge < -0.3 is 14.0 Å². The zero-order valence-electron chi connectivity index (χ0n) is 27.2. The number of furan rings is 1. The minimum Gasteiger partial charge on any atom is -0.557 e. The van der Waals surface area contributed by atoms with E-state index in [1.807, 2.05) is 42.5 Å². The summed E-state index contributed by atoms with van der Waals surface area (Å²) in [6.45, 7) is 13.5. The molecule has 0 aliphatic heterocycles. The molecule has 0 N–H and O–H groups in total. The van der Waals surface area contributed by atoms with Crippen LogP contribution in [0.3, 0.4) is 0 Å². The molecule has 1 radical (unpaired) electrons. The summed E-state index contributed by atoms with van der Waals surface area (Å²) in [5, 5.41) is 1.06. The Hall–Kier alpha value is -4.31. The minimum absolute atomic E-state index is 0. The minimum atomic E-state index is 0. The Morgan fingerprint density at radius 2 is 1.43 bits per heavy atom. The molecule has 0 aliphatic rings. The van der Waals surface area contributed by atoms with Gasteiger partial charge in [0.15, 0.2) is 0 Å². The summed E-state index contributed by atoms with van der Waals surface area (Å²) in [4.78, 5) is 9.35. The fraction of sp³-hybridized carbons (Fsp3) is 0.220. The van der Waals surface area contributed by atoms with Gasteiger partial charge in [0, 0.05) is 43.8 Å². The summed E-state index contributed by atoms with van der Waals surface area (Å²) in [6, 6.07) is 38.3. The molecule has 0 bridgehead atoms. The molecule has 7 rings (SSSR count). The number of hydrogen-bond donors (Lipinski definition) is 0. The van der Waals surface area contributed by atoms with Crippen LogP contribution in [0, 0.1) is 12.3 Å². The molecule has 3 aromatic heterocycles. The van der Waals surface area contributed by atoms with Crippen LogP contribution in [-0.4, -0.2) is 14.5 Å². The third kappa shape index (κ3) is 6.63. The van der Waals surface area contributed by atoms with Crippen LogP contribution in [0.15, 0.2) is 114 Å². The summed E-state index contributed by atoms with van der Waals surface area (Å²) >= 11 is 0. The largest absolute Gasteiger partial charge is 0.557 e. The van der Waals surface area contributed by atoms with Crippen molar-refractivity contribution in [3.8, 4) is 28.3 Å². The molecule has 235 valence electrons. The SMILES string of the molecule is CC(C)c1ccc2o[c-]c(-c3nc4ccccc4n3-c3c(C(C)C)cccc3C(C)C)c2c1.[Ir].[c-]1ccccc1-c1ccccn1. The van der Waals surface area contributed by atoms with Crippen LogP contribution in [-0.2, 0) is 20.1 Å². The monoisotopic (exact) mass is 782 g/mol. The van der Waals surface area contributed by atoms with Crippen LogP contribution in [0.2, 0.25) is 0 Å². The zero-order valence-corrected chi connectivity index (χ0v) is 29.6. The van der Waals surface area contributed by atoms with Gasteiger partial charge >= 0.3 is 0 Å². The van der Waals surface area contributed by atoms with Crippen LogP contribution >= 0.6 is 0 Å². The van der Waals surface area contributed by atoms with Crippen molar-refractivity contribution in [2.75, 3.05) is 0 Å². The Kier molecular flexibility index (Phi) is 10.4. The van der Waals surface area contributed by atoms with Crippen molar-refractivity contribution in [3.05, 3.63) is 138 Å². The van der Waals surface area contributed by atoms with Crippen molar-refractivity contribution >= 4 is 22.0 Å². The number of para-hydroxylation sites is 3. The fourth-order valence-electron chi connectivity index (χ4n) is 5.78. The molecule has 0 amide bonds. The first-order chi connectivity index (χ1) is 21.8. The van der Waals surface area contributed by atoms with Crippen LogP contribution < -0.4 is 0 Å². The molecule has 0 aliphatic carbocycles. The van der Waals surface area contributed by atoms with Crippen molar-refractivity contribution < 1.29 is 24.5 Å². The normalized spacial score (nSPS) is 11.2. The standard InChI is InChI=1S/C30H31N2O.C11H8N.Ir/c1-18(2)21-14-15-28-24(16-21)25(17-33-28)30-31-26-12-7-8-13-27(26)32(30)29-22(19(3)4)10-9-11-23(29)20(5)6;1-2-6-10(7-3-1)11-8-4-5-9-12-11;/h7-16,18-20H,1-6H3;1-6,8-9H;/q2*-1;. The third-order valence-corrected chi connectivity index (χ3v) is 8.20. The van der Waals surface area contributed by atoms with Gasteiger partial charge in [0.1, 0.15) is 0 Å². The predicted octanol–water partition coefficient (Wildman–Crippen LogP) is 11.2. The van der Waals surface area contributed by atoms with E-state index in [1.54, 1.807) is 6.20 Å². The molecule has 0 saturated heterocycles. The van der Waals surface area contributed by atoms with Gasteiger partial charge in [0.25, 0.3) is 0 Å². The molecule has 0 atom stereocenters. The second kappa shape index (κ2) is 14.4. The topological polar surface area (TPSA) is 43.9 Å². The van der Waals surface area contributed by atoms with Gasteiger partial charge in [-0.15, -0.1) is 35.9 Å². The molecule has 0 fully saturated rings. The van der Waals surface area contributed by atoms with E-state index in [4.69, 9.17) is 9.40 Å². The molecule has 0 unspecified atom stereocenters. The van der Waals surface area contributed by atoms with Gasteiger partial charge in [0.05, 0.1) is 16.9 Å². The van der Waals surface area contributed by atoms with E-state index in [0.29, 0.717) is 17.8 Å². The summed E-state index contributed by atoms with van der Waals surface area (Å²) in [6.07, 6.45) is 4.99. The van der Waals surface area contributed by atoms with Gasteiger partial charge in [0.2, 0.25) is 0 Å². The van der Waals surface area contributed by atoms with E-state index in [1.165, 1.54) is 22.4 Å². The zero-order chi connectivity index (χ0) is 31.5. The maximum atomic E-state index is 5.90. The molecule has 5 heteroatoms. The van der Waals surface area contributed by atoms with E-state index in [2.05, 4.69) is 124 Å². The third-order valence-electron chi connectivity index (χ3n) is 8.20. The summed E-state index contributed by atoms with van der Waals surface area (Å²) in [7, 11) is 0. The van der Waals surface area contributed by atoms with Crippen LogP contribution in [0.25, 0.3) is 50.3 Å². The molecule has 46 heavy (non-hydrogen) atoms. The first kappa shape index (κ1) is 33.1. The molecule has 3 heterocycles. The first-order valence-corrected chi connectivity index (χ1v) is 15.8. The molecular weight excluding hydrogens is 743 g/mol. The predicted molar refractivity (Wildman–Crippen MR) is 186 cm³/mol. The summed E-state index contributed by atoms with van der Waals surface area (Å²) in [5.74, 6) is 2.08. The van der Waals surface area contributed by atoms with Crippen molar-refractivity contribution in [2.45, 2.75) is 59.3 Å². The Morgan fingerprint density at radius 1 is 0.717 bits per heavy atom. The van der Waals surface area contributed by atoms with Gasteiger partial charge in [-0.25, -0.2) is 0 Å². The number of imidazole rings is 1. The van der Waals surface area contributed by atoms with Crippen molar-refractivity contribution in [2.24, 2.45) is 0 Å². The summed E-state index contributed by atoms with van der Waals surface area (Å²) < 4.78 is 8.24. The Morgan fingerprint density at radius 3 is 2.09 bits per heavy atom. The van der Waals surface area contributed by atoms with E-state index in [0.717, 1.165) is 44.6 Å². The van der Waals surface area contributed by atoms with Crippen LogP contribution in [0.4, 0.5) is 0 Å². The van der Waals surface area contributed by atoms with Gasteiger partial charge in [-0.2, -0.15) is 0 Å². The van der Waals surface area contributed by atoms with Crippen LogP contribution in [0.5, 0.6) is 0 Å². The average molecular weight is 782 g/mol. The molecule has 4 aromatic carbocycles. The molecule has 7 aromatic rings. The number of aromatic nitrogens is 3. The maximum Gasteiger partial charge on any atom is 0.0774 e. The molecule has 0 saturated carbocycles. The number of rotatable bonds is 6. The molecule has 4 nitrogen and oxygen atoms in total.